The summed E-state index contributed by atoms with van der Waals surface area (Å²) in [4.78, 5) is 9.49. The lowest BCUT2D eigenvalue weighted by Gasteiger charge is -2.20. The Labute approximate surface area is 170 Å². The van der Waals surface area contributed by atoms with E-state index < -0.39 is 0 Å². The predicted molar refractivity (Wildman–Crippen MR) is 119 cm³/mol. The summed E-state index contributed by atoms with van der Waals surface area (Å²) in [6.45, 7) is 8.92. The highest BCUT2D eigenvalue weighted by Crippen LogP contribution is 2.34. The van der Waals surface area contributed by atoms with E-state index in [0.717, 1.165) is 27.8 Å². The summed E-state index contributed by atoms with van der Waals surface area (Å²) in [5.74, 6) is 1.12. The van der Waals surface area contributed by atoms with E-state index in [2.05, 4.69) is 62.3 Å². The maximum Gasteiger partial charge on any atom is 0.225 e. The third-order valence-corrected chi connectivity index (χ3v) is 4.79. The van der Waals surface area contributed by atoms with Crippen molar-refractivity contribution in [2.45, 2.75) is 39.8 Å². The van der Waals surface area contributed by atoms with Crippen LogP contribution in [-0.4, -0.2) is 19.7 Å². The molecule has 2 heterocycles. The summed E-state index contributed by atoms with van der Waals surface area (Å²) >= 11 is 0. The van der Waals surface area contributed by atoms with Gasteiger partial charge in [-0.2, -0.15) is 4.98 Å². The number of fused-ring (bicyclic) bond motifs is 1. The fraction of sp³-hybridized carbons (Fsp3) is 0.261. The molecule has 6 heteroatoms. The molecule has 0 radical (unpaired) electrons. The standard InChI is InChI=1S/C23H26N6/c1-15-9-8-12-17(13-15)19-18-20(24)29(23(2,3)4)28-21(18)27-22(26-19)25-14-16-10-6-5-7-11-16/h5-13H,14,24H2,1-4H3,(H,25,27,28). The van der Waals surface area contributed by atoms with E-state index in [4.69, 9.17) is 15.8 Å². The monoisotopic (exact) mass is 386 g/mol. The number of aryl methyl sites for hydroxylation is 1. The van der Waals surface area contributed by atoms with Gasteiger partial charge in [0, 0.05) is 12.1 Å². The molecule has 3 N–H and O–H groups in total. The Balaban J connectivity index is 1.86. The molecular weight excluding hydrogens is 360 g/mol. The molecule has 148 valence electrons. The van der Waals surface area contributed by atoms with Gasteiger partial charge in [0.25, 0.3) is 0 Å². The first-order valence-corrected chi connectivity index (χ1v) is 9.74. The van der Waals surface area contributed by atoms with E-state index in [1.165, 1.54) is 0 Å². The molecule has 4 rings (SSSR count). The summed E-state index contributed by atoms with van der Waals surface area (Å²) in [6.07, 6.45) is 0. The molecule has 0 fully saturated rings. The number of nitrogens with zero attached hydrogens (tertiary/aromatic N) is 4. The Morgan fingerprint density at radius 1 is 1.00 bits per heavy atom. The van der Waals surface area contributed by atoms with E-state index in [9.17, 15) is 0 Å². The SMILES string of the molecule is Cc1cccc(-c2nc(NCc3ccccc3)nc3nn(C(C)(C)C)c(N)c23)c1. The minimum absolute atomic E-state index is 0.258. The number of nitrogens with two attached hydrogens (primary N) is 1. The molecule has 0 saturated heterocycles. The molecule has 0 aliphatic rings. The van der Waals surface area contributed by atoms with Gasteiger partial charge in [-0.25, -0.2) is 9.67 Å². The first-order chi connectivity index (χ1) is 13.8. The molecule has 2 aromatic carbocycles. The highest BCUT2D eigenvalue weighted by molar-refractivity contribution is 5.99. The van der Waals surface area contributed by atoms with E-state index >= 15 is 0 Å². The normalized spacial score (nSPS) is 11.7. The lowest BCUT2D eigenvalue weighted by molar-refractivity contribution is 0.364. The summed E-state index contributed by atoms with van der Waals surface area (Å²) in [6, 6.07) is 18.4. The third kappa shape index (κ3) is 3.78. The van der Waals surface area contributed by atoms with Crippen molar-refractivity contribution in [2.24, 2.45) is 0 Å². The highest BCUT2D eigenvalue weighted by Gasteiger charge is 2.24. The summed E-state index contributed by atoms with van der Waals surface area (Å²) in [5, 5.41) is 8.83. The van der Waals surface area contributed by atoms with Gasteiger partial charge in [-0.1, -0.05) is 54.1 Å². The number of nitrogen functional groups attached to an aromatic ring is 1. The fourth-order valence-corrected chi connectivity index (χ4v) is 3.38. The topological polar surface area (TPSA) is 81.7 Å². The molecule has 2 aromatic heterocycles. The lowest BCUT2D eigenvalue weighted by atomic mass is 10.1. The average molecular weight is 387 g/mol. The van der Waals surface area contributed by atoms with Crippen molar-refractivity contribution in [3.63, 3.8) is 0 Å². The maximum atomic E-state index is 6.52. The second kappa shape index (κ2) is 7.20. The van der Waals surface area contributed by atoms with E-state index in [1.54, 1.807) is 0 Å². The predicted octanol–water partition coefficient (Wildman–Crippen LogP) is 4.75. The molecule has 0 atom stereocenters. The zero-order chi connectivity index (χ0) is 20.6. The largest absolute Gasteiger partial charge is 0.383 e. The van der Waals surface area contributed by atoms with Gasteiger partial charge in [0.15, 0.2) is 5.65 Å². The summed E-state index contributed by atoms with van der Waals surface area (Å²) < 4.78 is 1.83. The molecule has 0 aliphatic carbocycles. The summed E-state index contributed by atoms with van der Waals surface area (Å²) in [7, 11) is 0. The Hall–Kier alpha value is -3.41. The zero-order valence-corrected chi connectivity index (χ0v) is 17.3. The van der Waals surface area contributed by atoms with Crippen LogP contribution in [0.4, 0.5) is 11.8 Å². The quantitative estimate of drug-likeness (QED) is 0.529. The molecule has 6 nitrogen and oxygen atoms in total. The average Bonchev–Trinajstić information content (AvgIpc) is 3.04. The molecule has 29 heavy (non-hydrogen) atoms. The molecule has 0 aliphatic heterocycles. The van der Waals surface area contributed by atoms with Crippen molar-refractivity contribution >= 4 is 22.8 Å². The third-order valence-electron chi connectivity index (χ3n) is 4.79. The molecule has 0 amide bonds. The van der Waals surface area contributed by atoms with Gasteiger partial charge in [-0.3, -0.25) is 0 Å². The van der Waals surface area contributed by atoms with Crippen molar-refractivity contribution in [1.82, 2.24) is 19.7 Å². The van der Waals surface area contributed by atoms with Gasteiger partial charge < -0.3 is 11.1 Å². The Morgan fingerprint density at radius 2 is 1.76 bits per heavy atom. The molecule has 0 spiro atoms. The van der Waals surface area contributed by atoms with Crippen LogP contribution in [0.2, 0.25) is 0 Å². The van der Waals surface area contributed by atoms with Gasteiger partial charge in [-0.05, 0) is 39.3 Å². The van der Waals surface area contributed by atoms with Gasteiger partial charge in [0.1, 0.15) is 5.82 Å². The lowest BCUT2D eigenvalue weighted by Crippen LogP contribution is -2.24. The van der Waals surface area contributed by atoms with Crippen LogP contribution < -0.4 is 11.1 Å². The van der Waals surface area contributed by atoms with Crippen LogP contribution in [0.15, 0.2) is 54.6 Å². The van der Waals surface area contributed by atoms with E-state index in [-0.39, 0.29) is 5.54 Å². The first kappa shape index (κ1) is 18.9. The number of aromatic nitrogens is 4. The van der Waals surface area contributed by atoms with Gasteiger partial charge in [0.05, 0.1) is 16.6 Å². The van der Waals surface area contributed by atoms with Crippen molar-refractivity contribution < 1.29 is 0 Å². The second-order valence-electron chi connectivity index (χ2n) is 8.27. The molecule has 0 bridgehead atoms. The Kier molecular flexibility index (Phi) is 4.70. The number of anilines is 2. The molecule has 0 unspecified atom stereocenters. The van der Waals surface area contributed by atoms with Crippen molar-refractivity contribution in [2.75, 3.05) is 11.1 Å². The van der Waals surface area contributed by atoms with Crippen LogP contribution in [0, 0.1) is 6.92 Å². The van der Waals surface area contributed by atoms with Gasteiger partial charge >= 0.3 is 0 Å². The van der Waals surface area contributed by atoms with Gasteiger partial charge in [0.2, 0.25) is 5.95 Å². The number of hydrogen-bond donors (Lipinski definition) is 2. The first-order valence-electron chi connectivity index (χ1n) is 9.74. The van der Waals surface area contributed by atoms with Crippen molar-refractivity contribution in [3.05, 3.63) is 65.7 Å². The Bertz CT molecular complexity index is 1160. The van der Waals surface area contributed by atoms with E-state index in [0.29, 0.717) is 24.0 Å². The minimum atomic E-state index is -0.258. The fourth-order valence-electron chi connectivity index (χ4n) is 3.38. The summed E-state index contributed by atoms with van der Waals surface area (Å²) in [5.41, 5.74) is 11.0. The van der Waals surface area contributed by atoms with Crippen LogP contribution in [0.3, 0.4) is 0 Å². The minimum Gasteiger partial charge on any atom is -0.383 e. The van der Waals surface area contributed by atoms with Crippen LogP contribution in [-0.2, 0) is 12.1 Å². The second-order valence-corrected chi connectivity index (χ2v) is 8.27. The Morgan fingerprint density at radius 3 is 2.45 bits per heavy atom. The van der Waals surface area contributed by atoms with Crippen LogP contribution in [0.5, 0.6) is 0 Å². The van der Waals surface area contributed by atoms with Gasteiger partial charge in [-0.15, -0.1) is 5.10 Å². The van der Waals surface area contributed by atoms with Crippen molar-refractivity contribution in [3.8, 4) is 11.3 Å². The zero-order valence-electron chi connectivity index (χ0n) is 17.3. The van der Waals surface area contributed by atoms with Crippen LogP contribution in [0.25, 0.3) is 22.3 Å². The van der Waals surface area contributed by atoms with Crippen LogP contribution >= 0.6 is 0 Å². The molecular formula is C23H26N6. The number of hydrogen-bond acceptors (Lipinski definition) is 5. The number of benzene rings is 2. The number of nitrogens with one attached hydrogen (secondary N) is 1. The highest BCUT2D eigenvalue weighted by atomic mass is 15.4. The smallest absolute Gasteiger partial charge is 0.225 e. The van der Waals surface area contributed by atoms with E-state index in [1.807, 2.05) is 35.0 Å². The molecule has 4 aromatic rings. The van der Waals surface area contributed by atoms with Crippen LogP contribution in [0.1, 0.15) is 31.9 Å². The van der Waals surface area contributed by atoms with Crippen molar-refractivity contribution in [1.29, 1.82) is 0 Å². The maximum absolute atomic E-state index is 6.52. The number of rotatable bonds is 4. The molecule has 0 saturated carbocycles.